The summed E-state index contributed by atoms with van der Waals surface area (Å²) in [5.41, 5.74) is 3.79. The number of carbonyl (C=O) groups excluding carboxylic acids is 1. The van der Waals surface area contributed by atoms with E-state index >= 15 is 0 Å². The number of benzene rings is 2. The van der Waals surface area contributed by atoms with Crippen molar-refractivity contribution in [3.8, 4) is 11.1 Å². The van der Waals surface area contributed by atoms with Gasteiger partial charge in [0, 0.05) is 29.4 Å². The SMILES string of the molecule is O=C(CSc1nc2c(-c3ccccc3)c[nH]c2c(=O)n1C1CC1)NCc1ccccc1Cl. The van der Waals surface area contributed by atoms with E-state index in [1.807, 2.05) is 54.7 Å². The van der Waals surface area contributed by atoms with Crippen molar-refractivity contribution in [3.63, 3.8) is 0 Å². The number of rotatable bonds is 7. The molecule has 0 radical (unpaired) electrons. The average molecular weight is 465 g/mol. The third kappa shape index (κ3) is 4.18. The Bertz CT molecular complexity index is 1350. The highest BCUT2D eigenvalue weighted by Gasteiger charge is 2.29. The molecule has 5 rings (SSSR count). The fourth-order valence-corrected chi connectivity index (χ4v) is 4.75. The molecular weight excluding hydrogens is 444 g/mol. The van der Waals surface area contributed by atoms with Crippen LogP contribution in [-0.4, -0.2) is 26.2 Å². The number of halogens is 1. The lowest BCUT2D eigenvalue weighted by Gasteiger charge is -2.12. The molecule has 2 heterocycles. The zero-order valence-electron chi connectivity index (χ0n) is 17.2. The summed E-state index contributed by atoms with van der Waals surface area (Å²) in [4.78, 5) is 33.7. The number of aromatic amines is 1. The van der Waals surface area contributed by atoms with Crippen LogP contribution in [0.15, 0.2) is 70.7 Å². The Hall–Kier alpha value is -3.03. The molecule has 0 saturated heterocycles. The van der Waals surface area contributed by atoms with Crippen molar-refractivity contribution in [2.75, 3.05) is 5.75 Å². The molecule has 0 atom stereocenters. The van der Waals surface area contributed by atoms with Gasteiger partial charge in [-0.05, 0) is 30.0 Å². The number of carbonyl (C=O) groups is 1. The van der Waals surface area contributed by atoms with Crippen molar-refractivity contribution in [1.29, 1.82) is 0 Å². The molecule has 32 heavy (non-hydrogen) atoms. The number of amides is 1. The summed E-state index contributed by atoms with van der Waals surface area (Å²) in [6.45, 7) is 0.358. The Morgan fingerprint density at radius 2 is 1.91 bits per heavy atom. The van der Waals surface area contributed by atoms with Crippen molar-refractivity contribution in [2.45, 2.75) is 30.6 Å². The van der Waals surface area contributed by atoms with Crippen molar-refractivity contribution >= 4 is 40.3 Å². The number of hydrogen-bond acceptors (Lipinski definition) is 4. The van der Waals surface area contributed by atoms with E-state index < -0.39 is 0 Å². The highest BCUT2D eigenvalue weighted by atomic mass is 35.5. The van der Waals surface area contributed by atoms with Crippen molar-refractivity contribution in [1.82, 2.24) is 19.9 Å². The molecule has 1 aliphatic rings. The number of fused-ring (bicyclic) bond motifs is 1. The van der Waals surface area contributed by atoms with E-state index in [0.717, 1.165) is 29.5 Å². The van der Waals surface area contributed by atoms with Crippen molar-refractivity contribution in [3.05, 3.63) is 81.7 Å². The first-order valence-corrected chi connectivity index (χ1v) is 11.8. The van der Waals surface area contributed by atoms with Crippen LogP contribution in [0.1, 0.15) is 24.4 Å². The van der Waals surface area contributed by atoms with Crippen LogP contribution >= 0.6 is 23.4 Å². The Morgan fingerprint density at radius 1 is 1.16 bits per heavy atom. The number of hydrogen-bond donors (Lipinski definition) is 2. The maximum Gasteiger partial charge on any atom is 0.278 e. The van der Waals surface area contributed by atoms with Gasteiger partial charge in [0.2, 0.25) is 5.91 Å². The lowest BCUT2D eigenvalue weighted by Crippen LogP contribution is -2.26. The normalized spacial score (nSPS) is 13.4. The molecule has 0 unspecified atom stereocenters. The van der Waals surface area contributed by atoms with E-state index in [2.05, 4.69) is 10.3 Å². The molecule has 0 bridgehead atoms. The first kappa shape index (κ1) is 20.8. The van der Waals surface area contributed by atoms with E-state index in [1.165, 1.54) is 11.8 Å². The minimum atomic E-state index is -0.135. The third-order valence-electron chi connectivity index (χ3n) is 5.46. The Labute approximate surface area is 194 Å². The molecule has 2 aromatic heterocycles. The summed E-state index contributed by atoms with van der Waals surface area (Å²) in [6, 6.07) is 17.4. The van der Waals surface area contributed by atoms with Gasteiger partial charge in [-0.2, -0.15) is 0 Å². The third-order valence-corrected chi connectivity index (χ3v) is 6.78. The van der Waals surface area contributed by atoms with Gasteiger partial charge < -0.3 is 10.3 Å². The van der Waals surface area contributed by atoms with Crippen molar-refractivity contribution in [2.24, 2.45) is 0 Å². The molecular formula is C24H21ClN4O2S. The van der Waals surface area contributed by atoms with Crippen LogP contribution in [-0.2, 0) is 11.3 Å². The van der Waals surface area contributed by atoms with Gasteiger partial charge in [-0.25, -0.2) is 4.98 Å². The summed E-state index contributed by atoms with van der Waals surface area (Å²) in [5.74, 6) is 0.0317. The van der Waals surface area contributed by atoms with Gasteiger partial charge in [0.15, 0.2) is 5.16 Å². The fourth-order valence-electron chi connectivity index (χ4n) is 3.66. The van der Waals surface area contributed by atoms with Crippen LogP contribution in [0.25, 0.3) is 22.2 Å². The molecule has 1 amide bonds. The molecule has 1 saturated carbocycles. The van der Waals surface area contributed by atoms with E-state index in [4.69, 9.17) is 16.6 Å². The number of thioether (sulfide) groups is 1. The second kappa shape index (κ2) is 8.84. The van der Waals surface area contributed by atoms with Gasteiger partial charge in [-0.15, -0.1) is 0 Å². The van der Waals surface area contributed by atoms with Crippen LogP contribution in [0.2, 0.25) is 5.02 Å². The summed E-state index contributed by atoms with van der Waals surface area (Å²) < 4.78 is 1.74. The molecule has 0 aliphatic heterocycles. The highest BCUT2D eigenvalue weighted by Crippen LogP contribution is 2.37. The first-order valence-electron chi connectivity index (χ1n) is 10.4. The van der Waals surface area contributed by atoms with Gasteiger partial charge in [-0.3, -0.25) is 14.2 Å². The predicted molar refractivity (Wildman–Crippen MR) is 128 cm³/mol. The molecule has 4 aromatic rings. The van der Waals surface area contributed by atoms with Crippen LogP contribution in [0.3, 0.4) is 0 Å². The quantitative estimate of drug-likeness (QED) is 0.304. The zero-order chi connectivity index (χ0) is 22.1. The predicted octanol–water partition coefficient (Wildman–Crippen LogP) is 4.79. The number of aromatic nitrogens is 3. The van der Waals surface area contributed by atoms with Gasteiger partial charge in [0.1, 0.15) is 11.0 Å². The van der Waals surface area contributed by atoms with Crippen LogP contribution < -0.4 is 10.9 Å². The largest absolute Gasteiger partial charge is 0.355 e. The van der Waals surface area contributed by atoms with Gasteiger partial charge in [0.05, 0.1) is 5.75 Å². The molecule has 162 valence electrons. The van der Waals surface area contributed by atoms with Crippen LogP contribution in [0.5, 0.6) is 0 Å². The monoisotopic (exact) mass is 464 g/mol. The number of nitrogens with one attached hydrogen (secondary N) is 2. The molecule has 1 aliphatic carbocycles. The molecule has 2 N–H and O–H groups in total. The first-order chi connectivity index (χ1) is 15.6. The summed E-state index contributed by atoms with van der Waals surface area (Å²) >= 11 is 7.46. The van der Waals surface area contributed by atoms with Gasteiger partial charge in [0.25, 0.3) is 5.56 Å². The standard InChI is InChI=1S/C24H21ClN4O2S/c25-19-9-5-4-8-16(19)12-26-20(30)14-32-24-28-21-18(15-6-2-1-3-7-15)13-27-22(21)23(31)29(24)17-10-11-17/h1-9,13,17,27H,10-12,14H2,(H,26,30). The maximum atomic E-state index is 13.2. The Morgan fingerprint density at radius 3 is 2.66 bits per heavy atom. The zero-order valence-corrected chi connectivity index (χ0v) is 18.7. The second-order valence-electron chi connectivity index (χ2n) is 7.75. The molecule has 6 nitrogen and oxygen atoms in total. The Kier molecular flexibility index (Phi) is 5.76. The van der Waals surface area contributed by atoms with Gasteiger partial charge >= 0.3 is 0 Å². The summed E-state index contributed by atoms with van der Waals surface area (Å²) in [7, 11) is 0. The Balaban J connectivity index is 1.40. The minimum Gasteiger partial charge on any atom is -0.355 e. The smallest absolute Gasteiger partial charge is 0.278 e. The van der Waals surface area contributed by atoms with E-state index in [-0.39, 0.29) is 23.3 Å². The highest BCUT2D eigenvalue weighted by molar-refractivity contribution is 7.99. The van der Waals surface area contributed by atoms with Crippen LogP contribution in [0, 0.1) is 0 Å². The second-order valence-corrected chi connectivity index (χ2v) is 9.10. The summed E-state index contributed by atoms with van der Waals surface area (Å²) in [5, 5.41) is 4.09. The number of nitrogens with zero attached hydrogens (tertiary/aromatic N) is 2. The molecule has 8 heteroatoms. The van der Waals surface area contributed by atoms with Crippen molar-refractivity contribution < 1.29 is 4.79 Å². The van der Waals surface area contributed by atoms with E-state index in [9.17, 15) is 9.59 Å². The maximum absolute atomic E-state index is 13.2. The lowest BCUT2D eigenvalue weighted by molar-refractivity contribution is -0.118. The number of H-pyrrole nitrogens is 1. The van der Waals surface area contributed by atoms with Gasteiger partial charge in [-0.1, -0.05) is 71.9 Å². The topological polar surface area (TPSA) is 79.8 Å². The van der Waals surface area contributed by atoms with Crippen LogP contribution in [0.4, 0.5) is 0 Å². The molecule has 1 fully saturated rings. The summed E-state index contributed by atoms with van der Waals surface area (Å²) in [6.07, 6.45) is 3.73. The van der Waals surface area contributed by atoms with E-state index in [1.54, 1.807) is 10.6 Å². The average Bonchev–Trinajstić information content (AvgIpc) is 3.55. The molecule has 0 spiro atoms. The lowest BCUT2D eigenvalue weighted by atomic mass is 10.1. The minimum absolute atomic E-state index is 0.0846. The fraction of sp³-hybridized carbons (Fsp3) is 0.208. The van der Waals surface area contributed by atoms with E-state index in [0.29, 0.717) is 27.8 Å². The molecule has 2 aromatic carbocycles.